The molecule has 0 aromatic heterocycles. The second-order valence-corrected chi connectivity index (χ2v) is 6.19. The summed E-state index contributed by atoms with van der Waals surface area (Å²) < 4.78 is 0. The first-order valence-electron chi connectivity index (χ1n) is 5.87. The molecule has 0 saturated carbocycles. The van der Waals surface area contributed by atoms with E-state index in [0.717, 1.165) is 6.42 Å². The van der Waals surface area contributed by atoms with Gasteiger partial charge in [0.05, 0.1) is 0 Å². The van der Waals surface area contributed by atoms with E-state index >= 15 is 0 Å². The van der Waals surface area contributed by atoms with Crippen molar-refractivity contribution in [1.29, 1.82) is 0 Å². The number of rotatable bonds is 5. The normalized spacial score (nSPS) is 15.6. The minimum atomic E-state index is -0.466. The van der Waals surface area contributed by atoms with Gasteiger partial charge in [-0.25, -0.2) is 5.11 Å². The molecule has 0 bridgehead atoms. The Balaban J connectivity index is 4.16. The lowest BCUT2D eigenvalue weighted by Crippen LogP contribution is -2.38. The molecule has 0 aliphatic carbocycles. The Hall–Kier alpha value is -0.0400. The minimum Gasteiger partial charge on any atom is -0.232 e. The van der Waals surface area contributed by atoms with Gasteiger partial charge in [0.2, 0.25) is 0 Å². The molecule has 0 saturated heterocycles. The summed E-state index contributed by atoms with van der Waals surface area (Å²) in [5.74, 6) is 0. The maximum atomic E-state index is 12.2. The second kappa shape index (κ2) is 5.16. The molecule has 0 amide bonds. The van der Waals surface area contributed by atoms with Crippen LogP contribution < -0.4 is 0 Å². The number of hydrogen-bond donors (Lipinski definition) is 0. The lowest BCUT2D eigenvalue weighted by Gasteiger charge is -2.37. The Labute approximate surface area is 89.9 Å². The molecule has 0 heterocycles. The van der Waals surface area contributed by atoms with Crippen LogP contribution >= 0.6 is 0 Å². The molecule has 0 aromatic carbocycles. The molecule has 0 fully saturated rings. The highest BCUT2D eigenvalue weighted by Gasteiger charge is 2.37. The number of hydrogen-bond acceptors (Lipinski definition) is 0. The molecule has 0 aliphatic heterocycles. The van der Waals surface area contributed by atoms with Crippen LogP contribution in [-0.2, 0) is 5.11 Å². The second-order valence-electron chi connectivity index (χ2n) is 6.19. The zero-order valence-electron chi connectivity index (χ0n) is 10.8. The average molecular weight is 199 g/mol. The summed E-state index contributed by atoms with van der Waals surface area (Å²) in [6.07, 6.45) is 4.27. The van der Waals surface area contributed by atoms with Crippen molar-refractivity contribution < 1.29 is 5.11 Å². The molecule has 0 spiro atoms. The van der Waals surface area contributed by atoms with Gasteiger partial charge in [-0.1, -0.05) is 60.8 Å². The fourth-order valence-corrected chi connectivity index (χ4v) is 2.13. The predicted octanol–water partition coefficient (Wildman–Crippen LogP) is 4.44. The van der Waals surface area contributed by atoms with E-state index in [1.165, 1.54) is 19.3 Å². The summed E-state index contributed by atoms with van der Waals surface area (Å²) >= 11 is 0. The SMILES string of the molecule is CCCCCC(C)(C)C([O])C(C)(C)C. The quantitative estimate of drug-likeness (QED) is 0.583. The molecule has 1 atom stereocenters. The summed E-state index contributed by atoms with van der Waals surface area (Å²) in [5.41, 5.74) is -0.177. The zero-order chi connectivity index (χ0) is 11.4. The molecule has 85 valence electrons. The molecule has 0 aliphatic rings. The van der Waals surface area contributed by atoms with Gasteiger partial charge >= 0.3 is 0 Å². The lowest BCUT2D eigenvalue weighted by atomic mass is 9.70. The van der Waals surface area contributed by atoms with Crippen LogP contribution in [0.5, 0.6) is 0 Å². The van der Waals surface area contributed by atoms with Gasteiger partial charge in [0, 0.05) is 0 Å². The third-order valence-electron chi connectivity index (χ3n) is 2.92. The fourth-order valence-electron chi connectivity index (χ4n) is 2.13. The highest BCUT2D eigenvalue weighted by molar-refractivity contribution is 4.85. The monoisotopic (exact) mass is 199 g/mol. The van der Waals surface area contributed by atoms with Gasteiger partial charge in [-0.3, -0.25) is 0 Å². The van der Waals surface area contributed by atoms with Crippen LogP contribution in [-0.4, -0.2) is 6.10 Å². The zero-order valence-corrected chi connectivity index (χ0v) is 10.8. The third-order valence-corrected chi connectivity index (χ3v) is 2.92. The minimum absolute atomic E-state index is 0.0621. The van der Waals surface area contributed by atoms with E-state index in [0.29, 0.717) is 0 Å². The maximum Gasteiger partial charge on any atom is 0.103 e. The first-order chi connectivity index (χ1) is 6.22. The van der Waals surface area contributed by atoms with Gasteiger partial charge in [-0.05, 0) is 17.3 Å². The first kappa shape index (κ1) is 14.0. The summed E-state index contributed by atoms with van der Waals surface area (Å²) in [4.78, 5) is 0. The van der Waals surface area contributed by atoms with Gasteiger partial charge in [0.15, 0.2) is 0 Å². The lowest BCUT2D eigenvalue weighted by molar-refractivity contribution is -0.0845. The van der Waals surface area contributed by atoms with E-state index < -0.39 is 6.10 Å². The van der Waals surface area contributed by atoms with Crippen LogP contribution in [0.15, 0.2) is 0 Å². The summed E-state index contributed by atoms with van der Waals surface area (Å²) in [6, 6.07) is 0. The molecule has 0 N–H and O–H groups in total. The molecule has 1 radical (unpaired) electrons. The molecular weight excluding hydrogens is 172 g/mol. The Bertz CT molecular complexity index is 153. The van der Waals surface area contributed by atoms with Gasteiger partial charge in [0.1, 0.15) is 6.10 Å². The molecule has 0 rings (SSSR count). The maximum absolute atomic E-state index is 12.2. The van der Waals surface area contributed by atoms with Crippen molar-refractivity contribution in [1.82, 2.24) is 0 Å². The van der Waals surface area contributed by atoms with Crippen molar-refractivity contribution in [2.45, 2.75) is 73.3 Å². The van der Waals surface area contributed by atoms with E-state index in [2.05, 4.69) is 20.8 Å². The van der Waals surface area contributed by atoms with Crippen LogP contribution in [0.1, 0.15) is 67.2 Å². The Morgan fingerprint density at radius 2 is 1.50 bits per heavy atom. The van der Waals surface area contributed by atoms with E-state index in [4.69, 9.17) is 0 Å². The van der Waals surface area contributed by atoms with Crippen molar-refractivity contribution in [3.05, 3.63) is 0 Å². The van der Waals surface area contributed by atoms with Crippen LogP contribution in [0.25, 0.3) is 0 Å². The Kier molecular flexibility index (Phi) is 5.14. The van der Waals surface area contributed by atoms with Crippen molar-refractivity contribution in [2.75, 3.05) is 0 Å². The fraction of sp³-hybridized carbons (Fsp3) is 1.00. The summed E-state index contributed by atoms with van der Waals surface area (Å²) in [6.45, 7) is 12.6. The standard InChI is InChI=1S/C13H27O/c1-7-8-9-10-13(5,6)11(14)12(2,3)4/h11H,7-10H2,1-6H3. The van der Waals surface area contributed by atoms with E-state index in [-0.39, 0.29) is 10.8 Å². The van der Waals surface area contributed by atoms with Gasteiger partial charge in [0.25, 0.3) is 0 Å². The van der Waals surface area contributed by atoms with Crippen LogP contribution in [0.2, 0.25) is 0 Å². The smallest absolute Gasteiger partial charge is 0.103 e. The highest BCUT2D eigenvalue weighted by atomic mass is 16.3. The van der Waals surface area contributed by atoms with Gasteiger partial charge in [-0.2, -0.15) is 0 Å². The first-order valence-corrected chi connectivity index (χ1v) is 5.87. The van der Waals surface area contributed by atoms with Crippen molar-refractivity contribution in [3.63, 3.8) is 0 Å². The van der Waals surface area contributed by atoms with Crippen LogP contribution in [0.4, 0.5) is 0 Å². The van der Waals surface area contributed by atoms with Gasteiger partial charge < -0.3 is 0 Å². The largest absolute Gasteiger partial charge is 0.232 e. The number of unbranched alkanes of at least 4 members (excludes halogenated alkanes) is 2. The molecule has 0 aromatic rings. The third kappa shape index (κ3) is 4.45. The molecule has 1 unspecified atom stereocenters. The molecule has 1 heteroatoms. The molecule has 1 nitrogen and oxygen atoms in total. The predicted molar refractivity (Wildman–Crippen MR) is 61.9 cm³/mol. The Morgan fingerprint density at radius 3 is 1.86 bits per heavy atom. The van der Waals surface area contributed by atoms with E-state index in [1.807, 2.05) is 20.8 Å². The summed E-state index contributed by atoms with van der Waals surface area (Å²) in [7, 11) is 0. The Morgan fingerprint density at radius 1 is 1.00 bits per heavy atom. The van der Waals surface area contributed by atoms with Crippen molar-refractivity contribution >= 4 is 0 Å². The van der Waals surface area contributed by atoms with E-state index in [9.17, 15) is 5.11 Å². The average Bonchev–Trinajstić information content (AvgIpc) is 2.01. The van der Waals surface area contributed by atoms with Crippen molar-refractivity contribution in [3.8, 4) is 0 Å². The highest BCUT2D eigenvalue weighted by Crippen LogP contribution is 2.37. The van der Waals surface area contributed by atoms with Crippen LogP contribution in [0.3, 0.4) is 0 Å². The van der Waals surface area contributed by atoms with E-state index in [1.54, 1.807) is 0 Å². The van der Waals surface area contributed by atoms with Crippen molar-refractivity contribution in [2.24, 2.45) is 10.8 Å². The molecule has 14 heavy (non-hydrogen) atoms. The summed E-state index contributed by atoms with van der Waals surface area (Å²) in [5, 5.41) is 12.2. The topological polar surface area (TPSA) is 19.9 Å². The van der Waals surface area contributed by atoms with Gasteiger partial charge in [-0.15, -0.1) is 0 Å². The van der Waals surface area contributed by atoms with Crippen LogP contribution in [0, 0.1) is 10.8 Å². The molecular formula is C13H27O.